The maximum atomic E-state index is 12.8. The number of unbranched alkanes of at least 4 members (excludes halogenated alkanes) is 2. The zero-order valence-electron chi connectivity index (χ0n) is 17.9. The van der Waals surface area contributed by atoms with Crippen molar-refractivity contribution in [2.24, 2.45) is 11.8 Å². The van der Waals surface area contributed by atoms with Crippen LogP contribution in [0.15, 0.2) is 0 Å². The van der Waals surface area contributed by atoms with Crippen LogP contribution in [0, 0.1) is 11.8 Å². The Kier molecular flexibility index (Phi) is 11.3. The Balaban J connectivity index is 2.78. The van der Waals surface area contributed by atoms with Crippen molar-refractivity contribution in [3.8, 4) is 0 Å². The molecule has 0 radical (unpaired) electrons. The van der Waals surface area contributed by atoms with Gasteiger partial charge >= 0.3 is 11.9 Å². The molecule has 166 valence electrons. The Morgan fingerprint density at radius 2 is 1.21 bits per heavy atom. The molecule has 1 saturated heterocycles. The molecule has 0 aromatic carbocycles. The molecule has 0 aromatic rings. The smallest absolute Gasteiger partial charge is 0.328 e. The standard InChI is InChI=1S/C20H35N3O6/c1-5-7-9-15(19(26)28-3)22-17(24)13-11-21-12-14(13)18(25)23-16(10-8-6-2)20(27)29-4/h13-16,21H,5-12H2,1-4H3,(H,22,24)(H,23,25)/t13-,14-,15+,16+/m1/s1. The normalized spacial score (nSPS) is 20.4. The zero-order chi connectivity index (χ0) is 21.8. The van der Waals surface area contributed by atoms with Gasteiger partial charge in [-0.05, 0) is 12.8 Å². The summed E-state index contributed by atoms with van der Waals surface area (Å²) in [5.74, 6) is -3.00. The van der Waals surface area contributed by atoms with E-state index in [1.54, 1.807) is 0 Å². The minimum Gasteiger partial charge on any atom is -0.467 e. The van der Waals surface area contributed by atoms with Crippen LogP contribution in [0.1, 0.15) is 52.4 Å². The fourth-order valence-electron chi connectivity index (χ4n) is 3.39. The molecule has 1 aliphatic rings. The van der Waals surface area contributed by atoms with Crippen LogP contribution >= 0.6 is 0 Å². The number of ether oxygens (including phenoxy) is 2. The van der Waals surface area contributed by atoms with Crippen LogP contribution in [0.2, 0.25) is 0 Å². The average Bonchev–Trinajstić information content (AvgIpc) is 3.22. The van der Waals surface area contributed by atoms with Gasteiger partial charge in [-0.2, -0.15) is 0 Å². The van der Waals surface area contributed by atoms with Gasteiger partial charge in [-0.15, -0.1) is 0 Å². The molecular formula is C20H35N3O6. The van der Waals surface area contributed by atoms with Crippen molar-refractivity contribution in [2.45, 2.75) is 64.5 Å². The molecular weight excluding hydrogens is 378 g/mol. The average molecular weight is 414 g/mol. The summed E-state index contributed by atoms with van der Waals surface area (Å²) in [4.78, 5) is 49.5. The Labute approximate surface area is 172 Å². The first-order valence-corrected chi connectivity index (χ1v) is 10.4. The largest absolute Gasteiger partial charge is 0.467 e. The van der Waals surface area contributed by atoms with Gasteiger partial charge in [0.05, 0.1) is 26.1 Å². The van der Waals surface area contributed by atoms with E-state index in [-0.39, 0.29) is 11.8 Å². The summed E-state index contributed by atoms with van der Waals surface area (Å²) in [7, 11) is 2.56. The molecule has 0 aromatic heterocycles. The lowest BCUT2D eigenvalue weighted by Gasteiger charge is -2.23. The molecule has 3 N–H and O–H groups in total. The van der Waals surface area contributed by atoms with Crippen molar-refractivity contribution < 1.29 is 28.7 Å². The summed E-state index contributed by atoms with van der Waals surface area (Å²) >= 11 is 0. The SMILES string of the molecule is CCCC[C@H](NC(=O)[C@@H]1CNC[C@H]1C(=O)N[C@@H](CCCC)C(=O)OC)C(=O)OC. The van der Waals surface area contributed by atoms with E-state index in [0.717, 1.165) is 25.7 Å². The first-order valence-electron chi connectivity index (χ1n) is 10.4. The third-order valence-electron chi connectivity index (χ3n) is 5.18. The minimum absolute atomic E-state index is 0.323. The summed E-state index contributed by atoms with van der Waals surface area (Å²) < 4.78 is 9.55. The van der Waals surface area contributed by atoms with E-state index < -0.39 is 35.9 Å². The molecule has 9 nitrogen and oxygen atoms in total. The molecule has 0 saturated carbocycles. The molecule has 0 bridgehead atoms. The fraction of sp³-hybridized carbons (Fsp3) is 0.800. The number of rotatable bonds is 12. The topological polar surface area (TPSA) is 123 Å². The number of carbonyl (C=O) groups excluding carboxylic acids is 4. The first-order chi connectivity index (χ1) is 13.9. The molecule has 2 amide bonds. The number of nitrogens with one attached hydrogen (secondary N) is 3. The Bertz CT molecular complexity index is 520. The summed E-state index contributed by atoms with van der Waals surface area (Å²) in [5.41, 5.74) is 0. The Hall–Kier alpha value is -2.16. The van der Waals surface area contributed by atoms with Gasteiger partial charge in [0.2, 0.25) is 11.8 Å². The molecule has 0 spiro atoms. The molecule has 0 aliphatic carbocycles. The van der Waals surface area contributed by atoms with E-state index in [0.29, 0.717) is 25.9 Å². The lowest BCUT2D eigenvalue weighted by molar-refractivity contribution is -0.147. The van der Waals surface area contributed by atoms with Crippen molar-refractivity contribution in [3.05, 3.63) is 0 Å². The second kappa shape index (κ2) is 13.1. The van der Waals surface area contributed by atoms with Gasteiger partial charge in [0.15, 0.2) is 0 Å². The van der Waals surface area contributed by atoms with Gasteiger partial charge < -0.3 is 25.4 Å². The zero-order valence-corrected chi connectivity index (χ0v) is 17.9. The highest BCUT2D eigenvalue weighted by Crippen LogP contribution is 2.19. The number of hydrogen-bond acceptors (Lipinski definition) is 7. The lowest BCUT2D eigenvalue weighted by Crippen LogP contribution is -2.50. The summed E-state index contributed by atoms with van der Waals surface area (Å²) in [6.07, 6.45) is 4.26. The molecule has 4 atom stereocenters. The van der Waals surface area contributed by atoms with Crippen LogP contribution in [0.25, 0.3) is 0 Å². The third-order valence-corrected chi connectivity index (χ3v) is 5.18. The monoisotopic (exact) mass is 413 g/mol. The number of methoxy groups -OCH3 is 2. The summed E-state index contributed by atoms with van der Waals surface area (Å²) in [6.45, 7) is 4.63. The van der Waals surface area contributed by atoms with E-state index in [4.69, 9.17) is 9.47 Å². The van der Waals surface area contributed by atoms with Crippen LogP contribution < -0.4 is 16.0 Å². The van der Waals surface area contributed by atoms with E-state index in [2.05, 4.69) is 16.0 Å². The van der Waals surface area contributed by atoms with E-state index in [1.807, 2.05) is 13.8 Å². The minimum atomic E-state index is -0.732. The van der Waals surface area contributed by atoms with Gasteiger partial charge in [0.25, 0.3) is 0 Å². The molecule has 1 heterocycles. The lowest BCUT2D eigenvalue weighted by atomic mass is 9.93. The second-order valence-electron chi connectivity index (χ2n) is 7.32. The maximum Gasteiger partial charge on any atom is 0.328 e. The summed E-state index contributed by atoms with van der Waals surface area (Å²) in [5, 5.41) is 8.50. The molecule has 1 fully saturated rings. The first kappa shape index (κ1) is 24.9. The van der Waals surface area contributed by atoms with Gasteiger partial charge in [-0.25, -0.2) is 9.59 Å². The molecule has 0 unspecified atom stereocenters. The van der Waals surface area contributed by atoms with E-state index in [9.17, 15) is 19.2 Å². The fourth-order valence-corrected chi connectivity index (χ4v) is 3.39. The number of hydrogen-bond donors (Lipinski definition) is 3. The highest BCUT2D eigenvalue weighted by molar-refractivity contribution is 5.92. The van der Waals surface area contributed by atoms with Crippen LogP contribution in [-0.2, 0) is 28.7 Å². The van der Waals surface area contributed by atoms with Crippen molar-refractivity contribution in [1.29, 1.82) is 0 Å². The highest BCUT2D eigenvalue weighted by atomic mass is 16.5. The molecule has 1 rings (SSSR count). The number of carbonyl (C=O) groups is 4. The van der Waals surface area contributed by atoms with Crippen molar-refractivity contribution in [1.82, 2.24) is 16.0 Å². The Morgan fingerprint density at radius 1 is 0.828 bits per heavy atom. The molecule has 1 aliphatic heterocycles. The van der Waals surface area contributed by atoms with Crippen LogP contribution in [-0.4, -0.2) is 63.1 Å². The maximum absolute atomic E-state index is 12.8. The van der Waals surface area contributed by atoms with Crippen LogP contribution in [0.3, 0.4) is 0 Å². The van der Waals surface area contributed by atoms with E-state index >= 15 is 0 Å². The predicted molar refractivity (Wildman–Crippen MR) is 107 cm³/mol. The van der Waals surface area contributed by atoms with Crippen molar-refractivity contribution in [2.75, 3.05) is 27.3 Å². The second-order valence-corrected chi connectivity index (χ2v) is 7.32. The van der Waals surface area contributed by atoms with Crippen molar-refractivity contribution >= 4 is 23.8 Å². The quantitative estimate of drug-likeness (QED) is 0.399. The van der Waals surface area contributed by atoms with Gasteiger partial charge in [0, 0.05) is 13.1 Å². The van der Waals surface area contributed by atoms with Gasteiger partial charge in [0.1, 0.15) is 12.1 Å². The Morgan fingerprint density at radius 3 is 1.52 bits per heavy atom. The predicted octanol–water partition coefficient (Wildman–Crippen LogP) is 0.518. The third kappa shape index (κ3) is 7.64. The summed E-state index contributed by atoms with van der Waals surface area (Å²) in [6, 6.07) is -1.46. The molecule has 29 heavy (non-hydrogen) atoms. The van der Waals surface area contributed by atoms with Crippen LogP contribution in [0.5, 0.6) is 0 Å². The van der Waals surface area contributed by atoms with Crippen molar-refractivity contribution in [3.63, 3.8) is 0 Å². The van der Waals surface area contributed by atoms with E-state index in [1.165, 1.54) is 14.2 Å². The van der Waals surface area contributed by atoms with Crippen LogP contribution in [0.4, 0.5) is 0 Å². The number of esters is 2. The van der Waals surface area contributed by atoms with Gasteiger partial charge in [-0.1, -0.05) is 39.5 Å². The van der Waals surface area contributed by atoms with Gasteiger partial charge in [-0.3, -0.25) is 9.59 Å². The molecule has 9 heteroatoms. The number of amides is 2. The highest BCUT2D eigenvalue weighted by Gasteiger charge is 2.40.